The standard InChI is InChI=1S/C12H15ClN2O/c1-8(16)11-7-15(5-4-14)12-6-9(13)2-3-10(11)12/h2-3,6-8,16H,4-5,14H2,1H3. The number of nitrogens with two attached hydrogens (primary N) is 1. The number of halogens is 1. The van der Waals surface area contributed by atoms with E-state index < -0.39 is 6.10 Å². The van der Waals surface area contributed by atoms with E-state index in [1.54, 1.807) is 6.92 Å². The van der Waals surface area contributed by atoms with E-state index in [4.69, 9.17) is 17.3 Å². The van der Waals surface area contributed by atoms with Crippen LogP contribution in [-0.4, -0.2) is 16.2 Å². The van der Waals surface area contributed by atoms with E-state index in [1.165, 1.54) is 0 Å². The van der Waals surface area contributed by atoms with Crippen molar-refractivity contribution in [3.63, 3.8) is 0 Å². The topological polar surface area (TPSA) is 51.2 Å². The number of fused-ring (bicyclic) bond motifs is 1. The van der Waals surface area contributed by atoms with Crippen molar-refractivity contribution in [1.29, 1.82) is 0 Å². The Labute approximate surface area is 99.4 Å². The Kier molecular flexibility index (Phi) is 3.19. The molecule has 0 amide bonds. The van der Waals surface area contributed by atoms with Gasteiger partial charge < -0.3 is 15.4 Å². The molecule has 1 aromatic carbocycles. The van der Waals surface area contributed by atoms with Crippen molar-refractivity contribution >= 4 is 22.5 Å². The summed E-state index contributed by atoms with van der Waals surface area (Å²) in [6.07, 6.45) is 1.46. The van der Waals surface area contributed by atoms with Gasteiger partial charge in [-0.1, -0.05) is 17.7 Å². The minimum Gasteiger partial charge on any atom is -0.389 e. The minimum absolute atomic E-state index is 0.484. The van der Waals surface area contributed by atoms with E-state index in [0.29, 0.717) is 11.6 Å². The smallest absolute Gasteiger partial charge is 0.0782 e. The Hall–Kier alpha value is -1.03. The van der Waals surface area contributed by atoms with Gasteiger partial charge in [0, 0.05) is 40.8 Å². The summed E-state index contributed by atoms with van der Waals surface area (Å²) in [4.78, 5) is 0. The molecule has 0 spiro atoms. The lowest BCUT2D eigenvalue weighted by Crippen LogP contribution is -2.08. The van der Waals surface area contributed by atoms with Crippen LogP contribution in [0.15, 0.2) is 24.4 Å². The van der Waals surface area contributed by atoms with Crippen molar-refractivity contribution in [1.82, 2.24) is 4.57 Å². The predicted octanol–water partition coefficient (Wildman–Crippen LogP) is 2.31. The summed E-state index contributed by atoms with van der Waals surface area (Å²) in [7, 11) is 0. The minimum atomic E-state index is -0.484. The quantitative estimate of drug-likeness (QED) is 0.862. The molecule has 0 saturated carbocycles. The molecule has 4 heteroatoms. The number of aliphatic hydroxyl groups excluding tert-OH is 1. The highest BCUT2D eigenvalue weighted by Crippen LogP contribution is 2.28. The van der Waals surface area contributed by atoms with Gasteiger partial charge in [-0.05, 0) is 19.1 Å². The van der Waals surface area contributed by atoms with Crippen molar-refractivity contribution in [2.75, 3.05) is 6.54 Å². The third-order valence-electron chi connectivity index (χ3n) is 2.70. The Morgan fingerprint density at radius 1 is 1.50 bits per heavy atom. The van der Waals surface area contributed by atoms with E-state index in [9.17, 15) is 5.11 Å². The summed E-state index contributed by atoms with van der Waals surface area (Å²) in [6, 6.07) is 5.67. The van der Waals surface area contributed by atoms with Gasteiger partial charge in [-0.15, -0.1) is 0 Å². The molecule has 1 aromatic heterocycles. The monoisotopic (exact) mass is 238 g/mol. The Balaban J connectivity index is 2.66. The number of aromatic nitrogens is 1. The predicted molar refractivity (Wildman–Crippen MR) is 66.6 cm³/mol. The van der Waals surface area contributed by atoms with Crippen LogP contribution in [0.25, 0.3) is 10.9 Å². The van der Waals surface area contributed by atoms with Gasteiger partial charge in [0.25, 0.3) is 0 Å². The molecule has 0 fully saturated rings. The summed E-state index contributed by atoms with van der Waals surface area (Å²) < 4.78 is 2.03. The normalized spacial score (nSPS) is 13.2. The van der Waals surface area contributed by atoms with Gasteiger partial charge in [-0.2, -0.15) is 0 Å². The average Bonchev–Trinajstić information content (AvgIpc) is 2.58. The van der Waals surface area contributed by atoms with E-state index in [1.807, 2.05) is 29.0 Å². The maximum absolute atomic E-state index is 9.70. The molecule has 0 aliphatic rings. The fourth-order valence-electron chi connectivity index (χ4n) is 1.95. The van der Waals surface area contributed by atoms with Gasteiger partial charge >= 0.3 is 0 Å². The van der Waals surface area contributed by atoms with Crippen LogP contribution in [0.4, 0.5) is 0 Å². The molecule has 1 atom stereocenters. The Bertz CT molecular complexity index is 505. The molecule has 3 N–H and O–H groups in total. The van der Waals surface area contributed by atoms with Crippen molar-refractivity contribution in [2.45, 2.75) is 19.6 Å². The van der Waals surface area contributed by atoms with Crippen LogP contribution in [0.3, 0.4) is 0 Å². The highest BCUT2D eigenvalue weighted by molar-refractivity contribution is 6.31. The summed E-state index contributed by atoms with van der Waals surface area (Å²) >= 11 is 5.97. The molecule has 0 radical (unpaired) electrons. The highest BCUT2D eigenvalue weighted by atomic mass is 35.5. The number of benzene rings is 1. The largest absolute Gasteiger partial charge is 0.389 e. The fourth-order valence-corrected chi connectivity index (χ4v) is 2.12. The maximum atomic E-state index is 9.70. The molecule has 16 heavy (non-hydrogen) atoms. The van der Waals surface area contributed by atoms with Crippen LogP contribution in [0.2, 0.25) is 5.02 Å². The molecular formula is C12H15ClN2O. The molecule has 3 nitrogen and oxygen atoms in total. The van der Waals surface area contributed by atoms with Crippen LogP contribution in [0.1, 0.15) is 18.6 Å². The first-order valence-corrected chi connectivity index (χ1v) is 5.67. The van der Waals surface area contributed by atoms with Crippen molar-refractivity contribution in [2.24, 2.45) is 5.73 Å². The van der Waals surface area contributed by atoms with Crippen molar-refractivity contribution in [3.8, 4) is 0 Å². The number of rotatable bonds is 3. The number of nitrogens with zero attached hydrogens (tertiary/aromatic N) is 1. The first-order chi connectivity index (χ1) is 7.63. The molecular weight excluding hydrogens is 224 g/mol. The second-order valence-electron chi connectivity index (χ2n) is 3.90. The number of hydrogen-bond acceptors (Lipinski definition) is 2. The van der Waals surface area contributed by atoms with Crippen LogP contribution < -0.4 is 5.73 Å². The first kappa shape index (κ1) is 11.5. The molecule has 1 unspecified atom stereocenters. The Morgan fingerprint density at radius 3 is 2.88 bits per heavy atom. The van der Waals surface area contributed by atoms with E-state index >= 15 is 0 Å². The van der Waals surface area contributed by atoms with Gasteiger partial charge in [0.05, 0.1) is 6.10 Å². The van der Waals surface area contributed by atoms with E-state index in [0.717, 1.165) is 23.0 Å². The molecule has 1 heterocycles. The molecule has 86 valence electrons. The van der Waals surface area contributed by atoms with E-state index in [2.05, 4.69) is 0 Å². The third-order valence-corrected chi connectivity index (χ3v) is 2.93. The first-order valence-electron chi connectivity index (χ1n) is 5.30. The van der Waals surface area contributed by atoms with Gasteiger partial charge in [0.15, 0.2) is 0 Å². The van der Waals surface area contributed by atoms with Crippen LogP contribution in [0, 0.1) is 0 Å². The average molecular weight is 239 g/mol. The second-order valence-corrected chi connectivity index (χ2v) is 4.34. The SMILES string of the molecule is CC(O)c1cn(CCN)c2cc(Cl)ccc12. The van der Waals surface area contributed by atoms with Gasteiger partial charge in [0.1, 0.15) is 0 Å². The summed E-state index contributed by atoms with van der Waals surface area (Å²) in [5.41, 5.74) is 7.50. The lowest BCUT2D eigenvalue weighted by atomic mass is 10.1. The van der Waals surface area contributed by atoms with Gasteiger partial charge in [0.2, 0.25) is 0 Å². The second kappa shape index (κ2) is 4.45. The molecule has 0 aliphatic carbocycles. The molecule has 2 aromatic rings. The Morgan fingerprint density at radius 2 is 2.25 bits per heavy atom. The maximum Gasteiger partial charge on any atom is 0.0782 e. The third kappa shape index (κ3) is 1.94. The zero-order valence-electron chi connectivity index (χ0n) is 9.15. The number of hydrogen-bond donors (Lipinski definition) is 2. The van der Waals surface area contributed by atoms with Crippen molar-refractivity contribution < 1.29 is 5.11 Å². The van der Waals surface area contributed by atoms with Gasteiger partial charge in [-0.25, -0.2) is 0 Å². The summed E-state index contributed by atoms with van der Waals surface area (Å²) in [5.74, 6) is 0. The fraction of sp³-hybridized carbons (Fsp3) is 0.333. The lowest BCUT2D eigenvalue weighted by Gasteiger charge is -2.02. The number of aliphatic hydroxyl groups is 1. The van der Waals surface area contributed by atoms with Crippen LogP contribution >= 0.6 is 11.6 Å². The van der Waals surface area contributed by atoms with Crippen molar-refractivity contribution in [3.05, 3.63) is 35.0 Å². The van der Waals surface area contributed by atoms with E-state index in [-0.39, 0.29) is 0 Å². The van der Waals surface area contributed by atoms with Crippen LogP contribution in [-0.2, 0) is 6.54 Å². The molecule has 2 rings (SSSR count). The summed E-state index contributed by atoms with van der Waals surface area (Å²) in [6.45, 7) is 3.05. The van der Waals surface area contributed by atoms with Crippen LogP contribution in [0.5, 0.6) is 0 Å². The zero-order chi connectivity index (χ0) is 11.7. The lowest BCUT2D eigenvalue weighted by molar-refractivity contribution is 0.200. The summed E-state index contributed by atoms with van der Waals surface area (Å²) in [5, 5.41) is 11.4. The molecule has 0 aliphatic heterocycles. The highest BCUT2D eigenvalue weighted by Gasteiger charge is 2.12. The van der Waals surface area contributed by atoms with Gasteiger partial charge in [-0.3, -0.25) is 0 Å². The zero-order valence-corrected chi connectivity index (χ0v) is 9.91. The molecule has 0 bridgehead atoms. The molecule has 0 saturated heterocycles.